The average Bonchev–Trinajstić information content (AvgIpc) is 3.18. The molecule has 0 saturated heterocycles. The molecule has 0 bridgehead atoms. The van der Waals surface area contributed by atoms with Gasteiger partial charge in [-0.05, 0) is 54.3 Å². The first-order valence-electron chi connectivity index (χ1n) is 11.5. The van der Waals surface area contributed by atoms with Gasteiger partial charge >= 0.3 is 6.03 Å². The third-order valence-electron chi connectivity index (χ3n) is 6.32. The van der Waals surface area contributed by atoms with Gasteiger partial charge in [0.2, 0.25) is 5.91 Å². The molecule has 0 radical (unpaired) electrons. The van der Waals surface area contributed by atoms with Crippen LogP contribution in [-0.2, 0) is 9.59 Å². The molecule has 2 N–H and O–H groups in total. The molecule has 4 amide bonds. The molecule has 4 rings (SSSR count). The number of halogens is 1. The fourth-order valence-electron chi connectivity index (χ4n) is 4.47. The number of hydrogen-bond donors (Lipinski definition) is 2. The van der Waals surface area contributed by atoms with E-state index < -0.39 is 17.9 Å². The van der Waals surface area contributed by atoms with Gasteiger partial charge in [-0.25, -0.2) is 9.18 Å². The Hall–Kier alpha value is -3.88. The molecule has 184 valence electrons. The quantitative estimate of drug-likeness (QED) is 0.633. The van der Waals surface area contributed by atoms with E-state index in [4.69, 9.17) is 4.74 Å². The Labute approximate surface area is 203 Å². The van der Waals surface area contributed by atoms with Crippen LogP contribution in [0.25, 0.3) is 0 Å². The van der Waals surface area contributed by atoms with Crippen LogP contribution in [0.3, 0.4) is 0 Å². The number of carbonyl (C=O) groups excluding carboxylic acids is 3. The minimum Gasteiger partial charge on any atom is -0.497 e. The van der Waals surface area contributed by atoms with Crippen LogP contribution in [0.15, 0.2) is 59.8 Å². The van der Waals surface area contributed by atoms with Gasteiger partial charge in [-0.2, -0.15) is 0 Å². The maximum atomic E-state index is 13.8. The summed E-state index contributed by atoms with van der Waals surface area (Å²) in [6.45, 7) is 4.09. The smallest absolute Gasteiger partial charge is 0.322 e. The zero-order valence-corrected chi connectivity index (χ0v) is 20.2. The van der Waals surface area contributed by atoms with E-state index in [0.717, 1.165) is 5.56 Å². The molecule has 2 heterocycles. The molecule has 0 saturated carbocycles. The van der Waals surface area contributed by atoms with Gasteiger partial charge in [-0.15, -0.1) is 0 Å². The molecule has 9 heteroatoms. The Kier molecular flexibility index (Phi) is 6.77. The van der Waals surface area contributed by atoms with Crippen molar-refractivity contribution in [1.82, 2.24) is 15.1 Å². The molecule has 0 spiro atoms. The number of methoxy groups -OCH3 is 1. The molecular formula is C26H29FN4O4. The third-order valence-corrected chi connectivity index (χ3v) is 6.32. The average molecular weight is 481 g/mol. The SMILES string of the molecule is COc1ccc(C2NC(=O)N(C)C3=C2C(=O)N(C(CC(C)C)C(=O)Nc2ccc(F)cc2)C3)cc1. The van der Waals surface area contributed by atoms with Gasteiger partial charge in [0.25, 0.3) is 5.91 Å². The molecule has 0 aromatic heterocycles. The number of anilines is 1. The van der Waals surface area contributed by atoms with E-state index >= 15 is 0 Å². The highest BCUT2D eigenvalue weighted by molar-refractivity contribution is 6.05. The van der Waals surface area contributed by atoms with Crippen molar-refractivity contribution in [3.8, 4) is 5.75 Å². The van der Waals surface area contributed by atoms with E-state index in [0.29, 0.717) is 29.1 Å². The lowest BCUT2D eigenvalue weighted by Crippen LogP contribution is -2.47. The fourth-order valence-corrected chi connectivity index (χ4v) is 4.47. The van der Waals surface area contributed by atoms with Crippen LogP contribution < -0.4 is 15.4 Å². The van der Waals surface area contributed by atoms with Crippen LogP contribution in [0, 0.1) is 11.7 Å². The lowest BCUT2D eigenvalue weighted by molar-refractivity contribution is -0.134. The van der Waals surface area contributed by atoms with Crippen molar-refractivity contribution in [3.63, 3.8) is 0 Å². The highest BCUT2D eigenvalue weighted by Gasteiger charge is 2.46. The van der Waals surface area contributed by atoms with Gasteiger partial charge in [0.15, 0.2) is 0 Å². The number of nitrogens with zero attached hydrogens (tertiary/aromatic N) is 2. The third kappa shape index (κ3) is 4.84. The molecule has 2 atom stereocenters. The summed E-state index contributed by atoms with van der Waals surface area (Å²) in [6.07, 6.45) is 0.428. The lowest BCUT2D eigenvalue weighted by Gasteiger charge is -2.31. The van der Waals surface area contributed by atoms with Crippen molar-refractivity contribution in [2.75, 3.05) is 26.0 Å². The Morgan fingerprint density at radius 3 is 2.40 bits per heavy atom. The predicted octanol–water partition coefficient (Wildman–Crippen LogP) is 3.68. The first-order valence-corrected chi connectivity index (χ1v) is 11.5. The summed E-state index contributed by atoms with van der Waals surface area (Å²) in [7, 11) is 3.18. The van der Waals surface area contributed by atoms with Crippen LogP contribution in [0.2, 0.25) is 0 Å². The van der Waals surface area contributed by atoms with E-state index in [-0.39, 0.29) is 30.3 Å². The monoisotopic (exact) mass is 480 g/mol. The van der Waals surface area contributed by atoms with Gasteiger partial charge in [-0.3, -0.25) is 14.5 Å². The van der Waals surface area contributed by atoms with Crippen molar-refractivity contribution in [2.24, 2.45) is 5.92 Å². The molecule has 2 aliphatic heterocycles. The number of ether oxygens (including phenoxy) is 1. The van der Waals surface area contributed by atoms with Gasteiger partial charge in [0.05, 0.1) is 31.0 Å². The summed E-state index contributed by atoms with van der Waals surface area (Å²) in [5.41, 5.74) is 2.20. The molecular weight excluding hydrogens is 451 g/mol. The van der Waals surface area contributed by atoms with Gasteiger partial charge < -0.3 is 20.3 Å². The van der Waals surface area contributed by atoms with Crippen molar-refractivity contribution < 1.29 is 23.5 Å². The topological polar surface area (TPSA) is 91.0 Å². The lowest BCUT2D eigenvalue weighted by atomic mass is 9.95. The Morgan fingerprint density at radius 2 is 1.80 bits per heavy atom. The number of benzene rings is 2. The number of nitrogens with one attached hydrogen (secondary N) is 2. The number of carbonyl (C=O) groups is 3. The number of hydrogen-bond acceptors (Lipinski definition) is 4. The summed E-state index contributed by atoms with van der Waals surface area (Å²) in [5.74, 6) is -0.276. The fraction of sp³-hybridized carbons (Fsp3) is 0.346. The molecule has 2 aromatic rings. The van der Waals surface area contributed by atoms with E-state index in [2.05, 4.69) is 10.6 Å². The second-order valence-electron chi connectivity index (χ2n) is 9.15. The minimum atomic E-state index is -0.766. The number of amides is 4. The molecule has 2 aliphatic rings. The van der Waals surface area contributed by atoms with E-state index in [9.17, 15) is 18.8 Å². The van der Waals surface area contributed by atoms with E-state index in [1.54, 1.807) is 26.3 Å². The van der Waals surface area contributed by atoms with Crippen molar-refractivity contribution in [2.45, 2.75) is 32.4 Å². The molecule has 8 nitrogen and oxygen atoms in total. The number of urea groups is 1. The second kappa shape index (κ2) is 9.77. The van der Waals surface area contributed by atoms with E-state index in [1.807, 2.05) is 26.0 Å². The number of likely N-dealkylation sites (N-methyl/N-ethyl adjacent to an activating group) is 1. The Morgan fingerprint density at radius 1 is 1.14 bits per heavy atom. The number of rotatable bonds is 7. The van der Waals surface area contributed by atoms with Gasteiger partial charge in [0.1, 0.15) is 17.6 Å². The standard InChI is InChI=1S/C26H29FN4O4/c1-15(2)13-20(24(32)28-18-9-7-17(27)8-10-18)31-14-21-22(25(31)33)23(29-26(34)30(21)3)16-5-11-19(35-4)12-6-16/h5-12,15,20,23H,13-14H2,1-4H3,(H,28,32)(H,29,34). The zero-order chi connectivity index (χ0) is 25.3. The first kappa shape index (κ1) is 24.3. The summed E-state index contributed by atoms with van der Waals surface area (Å²) < 4.78 is 18.5. The Balaban J connectivity index is 1.64. The van der Waals surface area contributed by atoms with Crippen LogP contribution in [0.1, 0.15) is 31.9 Å². The van der Waals surface area contributed by atoms with Gasteiger partial charge in [0, 0.05) is 12.7 Å². The maximum Gasteiger partial charge on any atom is 0.322 e. The molecule has 2 unspecified atom stereocenters. The zero-order valence-electron chi connectivity index (χ0n) is 20.2. The highest BCUT2D eigenvalue weighted by atomic mass is 19.1. The Bertz CT molecular complexity index is 1160. The molecule has 35 heavy (non-hydrogen) atoms. The van der Waals surface area contributed by atoms with Crippen molar-refractivity contribution in [3.05, 3.63) is 71.2 Å². The van der Waals surface area contributed by atoms with Crippen LogP contribution in [0.4, 0.5) is 14.9 Å². The highest BCUT2D eigenvalue weighted by Crippen LogP contribution is 2.37. The van der Waals surface area contributed by atoms with Crippen LogP contribution in [0.5, 0.6) is 5.75 Å². The molecule has 2 aromatic carbocycles. The molecule has 0 fully saturated rings. The summed E-state index contributed by atoms with van der Waals surface area (Å²) in [6, 6.07) is 10.9. The van der Waals surface area contributed by atoms with E-state index in [1.165, 1.54) is 34.1 Å². The molecule has 0 aliphatic carbocycles. The normalized spacial score (nSPS) is 18.5. The minimum absolute atomic E-state index is 0.124. The van der Waals surface area contributed by atoms with Crippen molar-refractivity contribution in [1.29, 1.82) is 0 Å². The summed E-state index contributed by atoms with van der Waals surface area (Å²) in [5, 5.41) is 5.70. The largest absolute Gasteiger partial charge is 0.497 e. The summed E-state index contributed by atoms with van der Waals surface area (Å²) in [4.78, 5) is 42.7. The first-order chi connectivity index (χ1) is 16.7. The maximum absolute atomic E-state index is 13.8. The predicted molar refractivity (Wildman–Crippen MR) is 129 cm³/mol. The van der Waals surface area contributed by atoms with Crippen LogP contribution in [-0.4, -0.2) is 54.4 Å². The van der Waals surface area contributed by atoms with Crippen LogP contribution >= 0.6 is 0 Å². The second-order valence-corrected chi connectivity index (χ2v) is 9.15. The summed E-state index contributed by atoms with van der Waals surface area (Å²) >= 11 is 0. The van der Waals surface area contributed by atoms with Gasteiger partial charge in [-0.1, -0.05) is 26.0 Å². The van der Waals surface area contributed by atoms with Crippen molar-refractivity contribution >= 4 is 23.5 Å².